The number of esters is 3. The van der Waals surface area contributed by atoms with Crippen LogP contribution in [-0.2, 0) is 28.6 Å². The Morgan fingerprint density at radius 3 is 0.787 bits per heavy atom. The van der Waals surface area contributed by atoms with E-state index in [-0.39, 0.29) is 31.1 Å². The Hall–Kier alpha value is -4.19. The molecule has 0 aliphatic heterocycles. The molecule has 1 unspecified atom stereocenters. The van der Waals surface area contributed by atoms with Gasteiger partial charge in [0.05, 0.1) is 0 Å². The first-order valence-electron chi connectivity index (χ1n) is 33.5. The predicted octanol–water partition coefficient (Wildman–Crippen LogP) is 23.2. The lowest BCUT2D eigenvalue weighted by Crippen LogP contribution is -2.30. The van der Waals surface area contributed by atoms with Crippen LogP contribution in [0.25, 0.3) is 0 Å². The number of carbonyl (C=O) groups excluding carboxylic acids is 3. The summed E-state index contributed by atoms with van der Waals surface area (Å²) in [7, 11) is 0. The fourth-order valence-corrected chi connectivity index (χ4v) is 9.15. The Kier molecular flexibility index (Phi) is 63.8. The van der Waals surface area contributed by atoms with Gasteiger partial charge in [0, 0.05) is 19.3 Å². The van der Waals surface area contributed by atoms with Crippen LogP contribution < -0.4 is 0 Å². The first-order chi connectivity index (χ1) is 39.5. The fraction of sp³-hybridized carbons (Fsp3) is 0.689. The van der Waals surface area contributed by atoms with Gasteiger partial charge in [-0.05, 0) is 135 Å². The van der Waals surface area contributed by atoms with Crippen molar-refractivity contribution in [1.29, 1.82) is 0 Å². The molecule has 0 aromatic rings. The molecule has 80 heavy (non-hydrogen) atoms. The van der Waals surface area contributed by atoms with Crippen molar-refractivity contribution in [2.75, 3.05) is 13.2 Å². The molecule has 1 atom stereocenters. The second kappa shape index (κ2) is 67.3. The van der Waals surface area contributed by atoms with Crippen LogP contribution in [0.5, 0.6) is 0 Å². The minimum Gasteiger partial charge on any atom is -0.462 e. The van der Waals surface area contributed by atoms with Crippen LogP contribution in [0.3, 0.4) is 0 Å². The third-order valence-electron chi connectivity index (χ3n) is 14.2. The molecule has 0 aliphatic carbocycles. The Bertz CT molecular complexity index is 1650. The molecule has 6 nitrogen and oxygen atoms in total. The summed E-state index contributed by atoms with van der Waals surface area (Å²) in [6.07, 6.45) is 93.5. The highest BCUT2D eigenvalue weighted by Gasteiger charge is 2.19. The van der Waals surface area contributed by atoms with E-state index in [2.05, 4.69) is 142 Å². The minimum atomic E-state index is -0.795. The van der Waals surface area contributed by atoms with Crippen LogP contribution in [-0.4, -0.2) is 37.2 Å². The van der Waals surface area contributed by atoms with Gasteiger partial charge in [0.2, 0.25) is 0 Å². The van der Waals surface area contributed by atoms with E-state index >= 15 is 0 Å². The van der Waals surface area contributed by atoms with E-state index in [1.807, 2.05) is 0 Å². The number of rotatable bonds is 60. The quantitative estimate of drug-likeness (QED) is 0.0261. The molecule has 0 radical (unpaired) electrons. The average molecular weight is 1110 g/mol. The van der Waals surface area contributed by atoms with Gasteiger partial charge in [0.25, 0.3) is 0 Å². The lowest BCUT2D eigenvalue weighted by Gasteiger charge is -2.18. The third-order valence-corrected chi connectivity index (χ3v) is 14.2. The van der Waals surface area contributed by atoms with Crippen molar-refractivity contribution in [3.63, 3.8) is 0 Å². The molecule has 0 amide bonds. The maximum Gasteiger partial charge on any atom is 0.306 e. The smallest absolute Gasteiger partial charge is 0.306 e. The number of unbranched alkanes of at least 4 members (excludes halogenated alkanes) is 29. The van der Waals surface area contributed by atoms with Crippen LogP contribution >= 0.6 is 0 Å². The summed E-state index contributed by atoms with van der Waals surface area (Å²) >= 11 is 0. The molecule has 0 heterocycles. The molecule has 0 fully saturated rings. The normalized spacial score (nSPS) is 12.9. The van der Waals surface area contributed by atoms with Gasteiger partial charge < -0.3 is 14.2 Å². The van der Waals surface area contributed by atoms with Gasteiger partial charge in [-0.15, -0.1) is 0 Å². The van der Waals surface area contributed by atoms with E-state index in [1.54, 1.807) is 0 Å². The van der Waals surface area contributed by atoms with Crippen molar-refractivity contribution in [2.45, 2.75) is 316 Å². The van der Waals surface area contributed by atoms with Gasteiger partial charge in [-0.1, -0.05) is 277 Å². The molecule has 0 N–H and O–H groups in total. The predicted molar refractivity (Wildman–Crippen MR) is 348 cm³/mol. The molecule has 0 bridgehead atoms. The fourth-order valence-electron chi connectivity index (χ4n) is 9.15. The summed E-state index contributed by atoms with van der Waals surface area (Å²) in [5.41, 5.74) is 0. The summed E-state index contributed by atoms with van der Waals surface area (Å²) in [6, 6.07) is 0. The van der Waals surface area contributed by atoms with Crippen LogP contribution in [0.2, 0.25) is 0 Å². The molecule has 0 saturated heterocycles. The van der Waals surface area contributed by atoms with Gasteiger partial charge in [-0.25, -0.2) is 0 Å². The van der Waals surface area contributed by atoms with Gasteiger partial charge in [0.1, 0.15) is 13.2 Å². The van der Waals surface area contributed by atoms with Gasteiger partial charge >= 0.3 is 17.9 Å². The molecular weight excluding hydrogens is 985 g/mol. The summed E-state index contributed by atoms with van der Waals surface area (Å²) in [5.74, 6) is -0.913. The zero-order valence-electron chi connectivity index (χ0n) is 52.3. The first kappa shape index (κ1) is 75.8. The zero-order chi connectivity index (χ0) is 57.8. The van der Waals surface area contributed by atoms with E-state index < -0.39 is 6.10 Å². The van der Waals surface area contributed by atoms with Crippen LogP contribution in [0.15, 0.2) is 122 Å². The second-order valence-electron chi connectivity index (χ2n) is 22.0. The Morgan fingerprint density at radius 1 is 0.263 bits per heavy atom. The maximum atomic E-state index is 12.9. The molecule has 0 saturated carbocycles. The molecular formula is C74H124O6. The van der Waals surface area contributed by atoms with Crippen molar-refractivity contribution < 1.29 is 28.6 Å². The third kappa shape index (κ3) is 64.6. The van der Waals surface area contributed by atoms with E-state index in [4.69, 9.17) is 14.2 Å². The van der Waals surface area contributed by atoms with E-state index in [1.165, 1.54) is 122 Å². The highest BCUT2D eigenvalue weighted by atomic mass is 16.6. The highest BCUT2D eigenvalue weighted by molar-refractivity contribution is 5.71. The molecule has 0 aliphatic rings. The first-order valence-corrected chi connectivity index (χ1v) is 33.5. The zero-order valence-corrected chi connectivity index (χ0v) is 52.3. The van der Waals surface area contributed by atoms with Gasteiger partial charge in [-0.2, -0.15) is 0 Å². The molecule has 0 rings (SSSR count). The maximum absolute atomic E-state index is 12.9. The topological polar surface area (TPSA) is 78.9 Å². The van der Waals surface area contributed by atoms with Crippen molar-refractivity contribution in [2.24, 2.45) is 0 Å². The van der Waals surface area contributed by atoms with Gasteiger partial charge in [0.15, 0.2) is 6.10 Å². The Labute approximate surface area is 494 Å². The highest BCUT2D eigenvalue weighted by Crippen LogP contribution is 2.16. The minimum absolute atomic E-state index is 0.0900. The van der Waals surface area contributed by atoms with Crippen LogP contribution in [0.1, 0.15) is 310 Å². The molecule has 456 valence electrons. The summed E-state index contributed by atoms with van der Waals surface area (Å²) in [6.45, 7) is 6.48. The second-order valence-corrected chi connectivity index (χ2v) is 22.0. The lowest BCUT2D eigenvalue weighted by atomic mass is 10.0. The molecule has 0 aromatic heterocycles. The summed E-state index contributed by atoms with van der Waals surface area (Å²) < 4.78 is 16.9. The van der Waals surface area contributed by atoms with Crippen molar-refractivity contribution in [3.05, 3.63) is 122 Å². The van der Waals surface area contributed by atoms with E-state index in [9.17, 15) is 14.4 Å². The van der Waals surface area contributed by atoms with Crippen LogP contribution in [0.4, 0.5) is 0 Å². The summed E-state index contributed by atoms with van der Waals surface area (Å²) in [5, 5.41) is 0. The van der Waals surface area contributed by atoms with Crippen LogP contribution in [0, 0.1) is 0 Å². The van der Waals surface area contributed by atoms with Gasteiger partial charge in [-0.3, -0.25) is 14.4 Å². The molecule has 0 spiro atoms. The lowest BCUT2D eigenvalue weighted by molar-refractivity contribution is -0.167. The number of ether oxygens (including phenoxy) is 3. The summed E-state index contributed by atoms with van der Waals surface area (Å²) in [4.78, 5) is 38.3. The van der Waals surface area contributed by atoms with Crippen molar-refractivity contribution in [1.82, 2.24) is 0 Å². The Morgan fingerprint density at radius 2 is 0.487 bits per heavy atom. The SMILES string of the molecule is CC/C=C\C/C=C\C/C=C\C/C=C\C/C=C\C/C=C\CCCCCCCCCCCCCCC(=O)OCC(COC(=O)CCCCCCC/C=C\C/C=C\CCCCC)OC(=O)CCCCCCC/C=C\C/C=C\CCCCCC. The van der Waals surface area contributed by atoms with E-state index in [0.717, 1.165) is 148 Å². The number of hydrogen-bond acceptors (Lipinski definition) is 6. The number of allylic oxidation sites excluding steroid dienone is 20. The number of hydrogen-bond donors (Lipinski definition) is 0. The van der Waals surface area contributed by atoms with Crippen molar-refractivity contribution in [3.8, 4) is 0 Å². The number of carbonyl (C=O) groups is 3. The molecule has 6 heteroatoms. The Balaban J connectivity index is 4.29. The average Bonchev–Trinajstić information content (AvgIpc) is 3.46. The van der Waals surface area contributed by atoms with E-state index in [0.29, 0.717) is 19.3 Å². The standard InChI is InChI=1S/C74H124O6/c1-4-7-10-13-16-19-22-25-28-30-31-32-33-34-35-36-37-38-39-40-41-42-43-44-47-49-52-55-58-61-64-67-73(76)79-70-71(69-78-72(75)66-63-60-57-54-51-48-45-27-24-21-18-15-12-9-6-3)80-74(77)68-65-62-59-56-53-50-46-29-26-23-20-17-14-11-8-5-2/h7,10,16,18-21,23,25,27-29,31-32,34-35,37-38,45-46,71H,4-6,8-9,11-15,17,22,24,26,30,33,36,39-44,47-70H2,1-3H3/b10-7-,19-16-,21-18-,23-20-,28-25-,32-31-,35-34-,38-37-,45-27-,46-29-. The largest absolute Gasteiger partial charge is 0.462 e. The van der Waals surface area contributed by atoms with Crippen molar-refractivity contribution >= 4 is 17.9 Å². The molecule has 0 aromatic carbocycles. The monoisotopic (exact) mass is 1110 g/mol.